The largest absolute Gasteiger partial charge is 0.489 e. The Morgan fingerprint density at radius 3 is 2.38 bits per heavy atom. The molecule has 29 heavy (non-hydrogen) atoms. The second kappa shape index (κ2) is 9.09. The van der Waals surface area contributed by atoms with E-state index in [1.807, 2.05) is 27.7 Å². The van der Waals surface area contributed by atoms with Crippen LogP contribution < -0.4 is 4.74 Å². The second-order valence-electron chi connectivity index (χ2n) is 7.25. The van der Waals surface area contributed by atoms with Crippen LogP contribution in [0.15, 0.2) is 28.8 Å². The lowest BCUT2D eigenvalue weighted by atomic mass is 10.2. The third-order valence-corrected chi connectivity index (χ3v) is 4.75. The van der Waals surface area contributed by atoms with Crippen molar-refractivity contribution in [3.05, 3.63) is 46.8 Å². The fourth-order valence-electron chi connectivity index (χ4n) is 3.23. The van der Waals surface area contributed by atoms with Gasteiger partial charge in [0.1, 0.15) is 18.1 Å². The number of amides is 1. The van der Waals surface area contributed by atoms with Gasteiger partial charge in [-0.05, 0) is 52.0 Å². The first-order valence-electron chi connectivity index (χ1n) is 9.58. The molecule has 1 fully saturated rings. The highest BCUT2D eigenvalue weighted by Crippen LogP contribution is 2.18. The molecule has 1 saturated heterocycles. The van der Waals surface area contributed by atoms with E-state index in [1.54, 1.807) is 29.2 Å². The van der Waals surface area contributed by atoms with Gasteiger partial charge in [0, 0.05) is 13.1 Å². The van der Waals surface area contributed by atoms with Gasteiger partial charge < -0.3 is 23.6 Å². The van der Waals surface area contributed by atoms with Crippen molar-refractivity contribution < 1.29 is 28.3 Å². The summed E-state index contributed by atoms with van der Waals surface area (Å²) in [5.41, 5.74) is 2.04. The highest BCUT2D eigenvalue weighted by molar-refractivity contribution is 5.91. The molecule has 0 aliphatic carbocycles. The molecular weight excluding hydrogens is 376 g/mol. The molecular formula is C21H26N2O6. The highest BCUT2D eigenvalue weighted by atomic mass is 16.5. The number of hydrogen-bond acceptors (Lipinski definition) is 7. The number of nitrogens with zero attached hydrogens (tertiary/aromatic N) is 2. The quantitative estimate of drug-likeness (QED) is 0.686. The number of hydrogen-bond donors (Lipinski definition) is 0. The van der Waals surface area contributed by atoms with Gasteiger partial charge in [0.15, 0.2) is 6.61 Å². The normalized spacial score (nSPS) is 19.1. The third-order valence-electron chi connectivity index (χ3n) is 4.75. The molecule has 1 aliphatic heterocycles. The number of esters is 1. The fraction of sp³-hybridized carbons (Fsp3) is 0.476. The monoisotopic (exact) mass is 402 g/mol. The lowest BCUT2D eigenvalue weighted by Gasteiger charge is -2.35. The average molecular weight is 402 g/mol. The minimum absolute atomic E-state index is 0.0312. The minimum atomic E-state index is -0.551. The van der Waals surface area contributed by atoms with E-state index in [1.165, 1.54) is 0 Å². The van der Waals surface area contributed by atoms with Crippen LogP contribution in [0.5, 0.6) is 5.75 Å². The Bertz CT molecular complexity index is 831. The van der Waals surface area contributed by atoms with Crippen molar-refractivity contribution >= 4 is 11.9 Å². The Balaban J connectivity index is 1.49. The number of carbonyl (C=O) groups excluding carboxylic acids is 2. The average Bonchev–Trinajstić information content (AvgIpc) is 3.01. The van der Waals surface area contributed by atoms with Crippen LogP contribution >= 0.6 is 0 Å². The first kappa shape index (κ1) is 20.9. The first-order valence-corrected chi connectivity index (χ1v) is 9.58. The summed E-state index contributed by atoms with van der Waals surface area (Å²) in [7, 11) is 0. The lowest BCUT2D eigenvalue weighted by Crippen LogP contribution is -2.49. The van der Waals surface area contributed by atoms with Crippen LogP contribution in [0.1, 0.15) is 41.2 Å². The van der Waals surface area contributed by atoms with Gasteiger partial charge in [-0.2, -0.15) is 0 Å². The van der Waals surface area contributed by atoms with E-state index in [0.29, 0.717) is 31.0 Å². The van der Waals surface area contributed by atoms with Crippen LogP contribution in [0.25, 0.3) is 0 Å². The molecule has 2 atom stereocenters. The third kappa shape index (κ3) is 5.35. The van der Waals surface area contributed by atoms with Crippen LogP contribution in [0.3, 0.4) is 0 Å². The van der Waals surface area contributed by atoms with Gasteiger partial charge in [-0.3, -0.25) is 4.79 Å². The molecule has 3 rings (SSSR count). The number of rotatable bonds is 6. The zero-order valence-corrected chi connectivity index (χ0v) is 17.1. The zero-order chi connectivity index (χ0) is 21.0. The highest BCUT2D eigenvalue weighted by Gasteiger charge is 2.26. The molecule has 1 aliphatic rings. The van der Waals surface area contributed by atoms with Gasteiger partial charge in [-0.25, -0.2) is 4.79 Å². The summed E-state index contributed by atoms with van der Waals surface area (Å²) in [6.07, 6.45) is -0.0623. The maximum atomic E-state index is 12.3. The molecule has 2 heterocycles. The molecule has 0 spiro atoms. The minimum Gasteiger partial charge on any atom is -0.489 e. The number of benzene rings is 1. The Labute approximate surface area is 169 Å². The van der Waals surface area contributed by atoms with Gasteiger partial charge in [-0.1, -0.05) is 5.16 Å². The molecule has 0 unspecified atom stereocenters. The van der Waals surface area contributed by atoms with Crippen LogP contribution in [0.4, 0.5) is 0 Å². The maximum Gasteiger partial charge on any atom is 0.338 e. The van der Waals surface area contributed by atoms with E-state index in [0.717, 1.165) is 17.0 Å². The van der Waals surface area contributed by atoms with Gasteiger partial charge in [0.2, 0.25) is 0 Å². The smallest absolute Gasteiger partial charge is 0.338 e. The molecule has 0 N–H and O–H groups in total. The fourth-order valence-corrected chi connectivity index (χ4v) is 3.23. The summed E-state index contributed by atoms with van der Waals surface area (Å²) < 4.78 is 21.6. The molecule has 156 valence electrons. The molecule has 0 radical (unpaired) electrons. The molecule has 1 amide bonds. The number of carbonyl (C=O) groups is 2. The van der Waals surface area contributed by atoms with E-state index in [9.17, 15) is 9.59 Å². The summed E-state index contributed by atoms with van der Waals surface area (Å²) >= 11 is 0. The molecule has 0 bridgehead atoms. The number of aromatic nitrogens is 1. The first-order chi connectivity index (χ1) is 13.8. The van der Waals surface area contributed by atoms with E-state index in [2.05, 4.69) is 5.16 Å². The van der Waals surface area contributed by atoms with Crippen LogP contribution in [-0.4, -0.2) is 53.8 Å². The molecule has 2 aromatic rings. The Kier molecular flexibility index (Phi) is 6.53. The predicted octanol–water partition coefficient (Wildman–Crippen LogP) is 2.66. The van der Waals surface area contributed by atoms with Crippen molar-refractivity contribution in [2.24, 2.45) is 0 Å². The van der Waals surface area contributed by atoms with Gasteiger partial charge in [-0.15, -0.1) is 0 Å². The molecule has 1 aromatic heterocycles. The van der Waals surface area contributed by atoms with E-state index >= 15 is 0 Å². The number of aryl methyl sites for hydroxylation is 2. The molecule has 0 saturated carbocycles. The summed E-state index contributed by atoms with van der Waals surface area (Å²) in [6, 6.07) is 6.58. The standard InChI is InChI=1S/C21H26N2O6/c1-13-9-23(10-14(2)28-13)20(24)12-27-21(25)17-5-7-18(8-6-17)26-11-19-15(3)22-29-16(19)4/h5-8,13-14H,9-12H2,1-4H3/t13-,14-/m0/s1. The summed E-state index contributed by atoms with van der Waals surface area (Å²) in [4.78, 5) is 26.2. The van der Waals surface area contributed by atoms with Crippen molar-refractivity contribution in [3.8, 4) is 5.75 Å². The summed E-state index contributed by atoms with van der Waals surface area (Å²) in [6.45, 7) is 8.55. The maximum absolute atomic E-state index is 12.3. The van der Waals surface area contributed by atoms with Crippen molar-refractivity contribution in [3.63, 3.8) is 0 Å². The van der Waals surface area contributed by atoms with Crippen LogP contribution in [0, 0.1) is 13.8 Å². The summed E-state index contributed by atoms with van der Waals surface area (Å²) in [5, 5.41) is 3.89. The van der Waals surface area contributed by atoms with Crippen molar-refractivity contribution in [2.75, 3.05) is 19.7 Å². The van der Waals surface area contributed by atoms with Gasteiger partial charge >= 0.3 is 5.97 Å². The Morgan fingerprint density at radius 2 is 1.79 bits per heavy atom. The lowest BCUT2D eigenvalue weighted by molar-refractivity contribution is -0.146. The molecule has 8 nitrogen and oxygen atoms in total. The molecule has 8 heteroatoms. The van der Waals surface area contributed by atoms with Crippen LogP contribution in [0.2, 0.25) is 0 Å². The molecule has 1 aromatic carbocycles. The second-order valence-corrected chi connectivity index (χ2v) is 7.25. The Morgan fingerprint density at radius 1 is 1.14 bits per heavy atom. The number of ether oxygens (including phenoxy) is 3. The van der Waals surface area contributed by atoms with Crippen molar-refractivity contribution in [1.29, 1.82) is 0 Å². The van der Waals surface area contributed by atoms with Crippen LogP contribution in [-0.2, 0) is 20.9 Å². The van der Waals surface area contributed by atoms with E-state index in [-0.39, 0.29) is 24.7 Å². The van der Waals surface area contributed by atoms with E-state index < -0.39 is 5.97 Å². The van der Waals surface area contributed by atoms with Gasteiger partial charge in [0.25, 0.3) is 5.91 Å². The summed E-state index contributed by atoms with van der Waals surface area (Å²) in [5.74, 6) is 0.551. The topological polar surface area (TPSA) is 91.1 Å². The van der Waals surface area contributed by atoms with Gasteiger partial charge in [0.05, 0.1) is 29.0 Å². The van der Waals surface area contributed by atoms with Crippen molar-refractivity contribution in [2.45, 2.75) is 46.5 Å². The van der Waals surface area contributed by atoms with Crippen molar-refractivity contribution in [1.82, 2.24) is 10.1 Å². The Hall–Kier alpha value is -2.87. The zero-order valence-electron chi connectivity index (χ0n) is 17.1. The number of morpholine rings is 1. The van der Waals surface area contributed by atoms with E-state index in [4.69, 9.17) is 18.7 Å². The SMILES string of the molecule is Cc1noc(C)c1COc1ccc(C(=O)OCC(=O)N2C[C@H](C)O[C@@H](C)C2)cc1. The predicted molar refractivity (Wildman–Crippen MR) is 104 cm³/mol.